The third-order valence-electron chi connectivity index (χ3n) is 4.17. The Hall–Kier alpha value is -3.02. The lowest BCUT2D eigenvalue weighted by Crippen LogP contribution is -2.35. The molecule has 1 fully saturated rings. The zero-order chi connectivity index (χ0) is 18.0. The lowest BCUT2D eigenvalue weighted by atomic mass is 10.2. The SMILES string of the molecule is COc1ccc(N2C(=O)CC(Nc3ccc(C)cc3)C2=O)c(OC)c1. The molecule has 2 aromatic rings. The van der Waals surface area contributed by atoms with Gasteiger partial charge in [0.2, 0.25) is 5.91 Å². The van der Waals surface area contributed by atoms with Gasteiger partial charge in [-0.2, -0.15) is 0 Å². The van der Waals surface area contributed by atoms with Gasteiger partial charge in [-0.1, -0.05) is 17.7 Å². The first-order valence-corrected chi connectivity index (χ1v) is 7.95. The van der Waals surface area contributed by atoms with Crippen LogP contribution < -0.4 is 19.7 Å². The summed E-state index contributed by atoms with van der Waals surface area (Å²) in [7, 11) is 3.04. The van der Waals surface area contributed by atoms with Gasteiger partial charge in [-0.3, -0.25) is 9.59 Å². The van der Waals surface area contributed by atoms with Crippen LogP contribution in [-0.2, 0) is 9.59 Å². The molecule has 1 unspecified atom stereocenters. The molecule has 6 nitrogen and oxygen atoms in total. The summed E-state index contributed by atoms with van der Waals surface area (Å²) in [6, 6.07) is 12.1. The highest BCUT2D eigenvalue weighted by molar-refractivity contribution is 6.23. The van der Waals surface area contributed by atoms with Gasteiger partial charge in [0.25, 0.3) is 5.91 Å². The molecule has 2 amide bonds. The minimum Gasteiger partial charge on any atom is -0.497 e. The summed E-state index contributed by atoms with van der Waals surface area (Å²) in [4.78, 5) is 26.4. The molecule has 0 spiro atoms. The van der Waals surface area contributed by atoms with Crippen LogP contribution in [-0.4, -0.2) is 32.1 Å². The van der Waals surface area contributed by atoms with Gasteiger partial charge in [0, 0.05) is 11.8 Å². The van der Waals surface area contributed by atoms with E-state index in [1.54, 1.807) is 25.3 Å². The van der Waals surface area contributed by atoms with Crippen molar-refractivity contribution < 1.29 is 19.1 Å². The highest BCUT2D eigenvalue weighted by Gasteiger charge is 2.40. The van der Waals surface area contributed by atoms with Crippen molar-refractivity contribution in [3.63, 3.8) is 0 Å². The van der Waals surface area contributed by atoms with Crippen molar-refractivity contribution in [2.75, 3.05) is 24.4 Å². The average Bonchev–Trinajstić information content (AvgIpc) is 2.90. The standard InChI is InChI=1S/C19H20N2O4/c1-12-4-6-13(7-5-12)20-15-11-18(22)21(19(15)23)16-9-8-14(24-2)10-17(16)25-3/h4-10,15,20H,11H2,1-3H3. The summed E-state index contributed by atoms with van der Waals surface area (Å²) in [5.74, 6) is 0.443. The number of nitrogens with one attached hydrogen (secondary N) is 1. The Morgan fingerprint density at radius 2 is 1.76 bits per heavy atom. The number of aryl methyl sites for hydroxylation is 1. The van der Waals surface area contributed by atoms with Gasteiger partial charge in [-0.15, -0.1) is 0 Å². The van der Waals surface area contributed by atoms with Crippen molar-refractivity contribution in [2.24, 2.45) is 0 Å². The Balaban J connectivity index is 1.85. The van der Waals surface area contributed by atoms with Crippen molar-refractivity contribution in [3.05, 3.63) is 48.0 Å². The van der Waals surface area contributed by atoms with E-state index in [0.717, 1.165) is 11.3 Å². The lowest BCUT2D eigenvalue weighted by Gasteiger charge is -2.19. The molecule has 3 rings (SSSR count). The first kappa shape index (κ1) is 16.8. The Kier molecular flexibility index (Phi) is 4.61. The maximum atomic E-state index is 12.8. The van der Waals surface area contributed by atoms with Gasteiger partial charge in [0.1, 0.15) is 17.5 Å². The minimum absolute atomic E-state index is 0.0991. The van der Waals surface area contributed by atoms with E-state index in [1.165, 1.54) is 12.0 Å². The fourth-order valence-corrected chi connectivity index (χ4v) is 2.82. The summed E-state index contributed by atoms with van der Waals surface area (Å²) < 4.78 is 10.5. The van der Waals surface area contributed by atoms with E-state index in [4.69, 9.17) is 9.47 Å². The van der Waals surface area contributed by atoms with Crippen LogP contribution in [0.15, 0.2) is 42.5 Å². The first-order valence-electron chi connectivity index (χ1n) is 7.95. The normalized spacial score (nSPS) is 16.9. The van der Waals surface area contributed by atoms with Crippen LogP contribution in [0.1, 0.15) is 12.0 Å². The van der Waals surface area contributed by atoms with Crippen LogP contribution in [0, 0.1) is 6.92 Å². The monoisotopic (exact) mass is 340 g/mol. The molecule has 1 N–H and O–H groups in total. The average molecular weight is 340 g/mol. The van der Waals surface area contributed by atoms with Crippen LogP contribution in [0.4, 0.5) is 11.4 Å². The number of hydrogen-bond donors (Lipinski definition) is 1. The van der Waals surface area contributed by atoms with E-state index in [0.29, 0.717) is 17.2 Å². The number of hydrogen-bond acceptors (Lipinski definition) is 5. The maximum Gasteiger partial charge on any atom is 0.256 e. The molecule has 1 aliphatic rings. The minimum atomic E-state index is -0.595. The van der Waals surface area contributed by atoms with Crippen molar-refractivity contribution in [3.8, 4) is 11.5 Å². The highest BCUT2D eigenvalue weighted by Crippen LogP contribution is 2.35. The molecular weight excluding hydrogens is 320 g/mol. The molecule has 25 heavy (non-hydrogen) atoms. The molecule has 1 heterocycles. The Morgan fingerprint density at radius 3 is 2.40 bits per heavy atom. The van der Waals surface area contributed by atoms with Crippen molar-refractivity contribution in [1.29, 1.82) is 0 Å². The third kappa shape index (κ3) is 3.28. The number of imide groups is 1. The van der Waals surface area contributed by atoms with Gasteiger partial charge in [-0.05, 0) is 31.2 Å². The molecule has 6 heteroatoms. The number of ether oxygens (including phenoxy) is 2. The zero-order valence-electron chi connectivity index (χ0n) is 14.4. The topological polar surface area (TPSA) is 67.9 Å². The molecule has 1 aliphatic heterocycles. The van der Waals surface area contributed by atoms with Crippen LogP contribution in [0.25, 0.3) is 0 Å². The summed E-state index contributed by atoms with van der Waals surface area (Å²) in [6.45, 7) is 1.99. The van der Waals surface area contributed by atoms with Crippen molar-refractivity contribution in [2.45, 2.75) is 19.4 Å². The van der Waals surface area contributed by atoms with E-state index < -0.39 is 6.04 Å². The number of carbonyl (C=O) groups is 2. The quantitative estimate of drug-likeness (QED) is 0.848. The second-order valence-electron chi connectivity index (χ2n) is 5.87. The predicted octanol–water partition coefficient (Wildman–Crippen LogP) is 2.76. The van der Waals surface area contributed by atoms with Gasteiger partial charge >= 0.3 is 0 Å². The Morgan fingerprint density at radius 1 is 1.04 bits per heavy atom. The number of carbonyl (C=O) groups excluding carboxylic acids is 2. The number of amides is 2. The number of anilines is 2. The largest absolute Gasteiger partial charge is 0.497 e. The lowest BCUT2D eigenvalue weighted by molar-refractivity contribution is -0.121. The molecule has 0 bridgehead atoms. The Labute approximate surface area is 146 Å². The molecule has 0 aliphatic carbocycles. The third-order valence-corrected chi connectivity index (χ3v) is 4.17. The van der Waals surface area contributed by atoms with Crippen LogP contribution >= 0.6 is 0 Å². The fourth-order valence-electron chi connectivity index (χ4n) is 2.82. The van der Waals surface area contributed by atoms with E-state index in [-0.39, 0.29) is 18.2 Å². The highest BCUT2D eigenvalue weighted by atomic mass is 16.5. The van der Waals surface area contributed by atoms with E-state index in [1.807, 2.05) is 31.2 Å². The predicted molar refractivity (Wildman–Crippen MR) is 95.2 cm³/mol. The van der Waals surface area contributed by atoms with E-state index in [2.05, 4.69) is 5.32 Å². The first-order chi connectivity index (χ1) is 12.0. The second kappa shape index (κ2) is 6.84. The zero-order valence-corrected chi connectivity index (χ0v) is 14.4. The summed E-state index contributed by atoms with van der Waals surface area (Å²) in [5, 5.41) is 3.13. The summed E-state index contributed by atoms with van der Waals surface area (Å²) in [5.41, 5.74) is 2.36. The molecule has 2 aromatic carbocycles. The number of benzene rings is 2. The van der Waals surface area contributed by atoms with Gasteiger partial charge in [0.05, 0.1) is 26.3 Å². The molecule has 0 saturated carbocycles. The van der Waals surface area contributed by atoms with Gasteiger partial charge < -0.3 is 14.8 Å². The fraction of sp³-hybridized carbons (Fsp3) is 0.263. The number of rotatable bonds is 5. The number of nitrogens with zero attached hydrogens (tertiary/aromatic N) is 1. The molecule has 130 valence electrons. The molecule has 1 saturated heterocycles. The second-order valence-corrected chi connectivity index (χ2v) is 5.87. The smallest absolute Gasteiger partial charge is 0.256 e. The van der Waals surface area contributed by atoms with E-state index in [9.17, 15) is 9.59 Å². The molecular formula is C19H20N2O4. The van der Waals surface area contributed by atoms with Crippen LogP contribution in [0.3, 0.4) is 0 Å². The Bertz CT molecular complexity index is 802. The van der Waals surface area contributed by atoms with Crippen LogP contribution in [0.5, 0.6) is 11.5 Å². The van der Waals surface area contributed by atoms with Crippen LogP contribution in [0.2, 0.25) is 0 Å². The summed E-state index contributed by atoms with van der Waals surface area (Å²) in [6.07, 6.45) is 0.0991. The molecule has 1 atom stereocenters. The van der Waals surface area contributed by atoms with Gasteiger partial charge in [-0.25, -0.2) is 4.90 Å². The van der Waals surface area contributed by atoms with Gasteiger partial charge in [0.15, 0.2) is 0 Å². The van der Waals surface area contributed by atoms with Crippen molar-refractivity contribution >= 4 is 23.2 Å². The van der Waals surface area contributed by atoms with E-state index >= 15 is 0 Å². The molecule has 0 aromatic heterocycles. The molecule has 0 radical (unpaired) electrons. The number of methoxy groups -OCH3 is 2. The maximum absolute atomic E-state index is 12.8. The van der Waals surface area contributed by atoms with Crippen molar-refractivity contribution in [1.82, 2.24) is 0 Å². The summed E-state index contributed by atoms with van der Waals surface area (Å²) >= 11 is 0.